The van der Waals surface area contributed by atoms with Gasteiger partial charge < -0.3 is 9.47 Å². The summed E-state index contributed by atoms with van der Waals surface area (Å²) >= 11 is 0. The number of esters is 1. The molecule has 0 saturated heterocycles. The SMILES string of the molecule is COc1ccc(C(=O)OCC=C(C)CCC=C(C)CCC=C(C)C)cc1. The van der Waals surface area contributed by atoms with Crippen molar-refractivity contribution in [1.29, 1.82) is 0 Å². The van der Waals surface area contributed by atoms with Gasteiger partial charge in [-0.2, -0.15) is 0 Å². The van der Waals surface area contributed by atoms with E-state index < -0.39 is 0 Å². The van der Waals surface area contributed by atoms with E-state index in [9.17, 15) is 4.79 Å². The second kappa shape index (κ2) is 12.1. The summed E-state index contributed by atoms with van der Waals surface area (Å²) in [5.41, 5.74) is 4.58. The van der Waals surface area contributed by atoms with Crippen LogP contribution in [0.2, 0.25) is 0 Å². The topological polar surface area (TPSA) is 35.5 Å². The van der Waals surface area contributed by atoms with E-state index in [1.807, 2.05) is 6.08 Å². The lowest BCUT2D eigenvalue weighted by atomic mass is 10.1. The first-order valence-electron chi connectivity index (χ1n) is 9.18. The Bertz CT molecular complexity index is 645. The number of methoxy groups -OCH3 is 1. The molecule has 26 heavy (non-hydrogen) atoms. The lowest BCUT2D eigenvalue weighted by Crippen LogP contribution is -2.05. The molecule has 3 heteroatoms. The number of benzene rings is 1. The Morgan fingerprint density at radius 3 is 2.04 bits per heavy atom. The van der Waals surface area contributed by atoms with Gasteiger partial charge in [-0.3, -0.25) is 0 Å². The van der Waals surface area contributed by atoms with E-state index in [-0.39, 0.29) is 5.97 Å². The fraction of sp³-hybridized carbons (Fsp3) is 0.435. The maximum atomic E-state index is 12.0. The molecule has 142 valence electrons. The third kappa shape index (κ3) is 9.26. The lowest BCUT2D eigenvalue weighted by molar-refractivity contribution is 0.0549. The van der Waals surface area contributed by atoms with E-state index in [2.05, 4.69) is 39.8 Å². The summed E-state index contributed by atoms with van der Waals surface area (Å²) in [5.74, 6) is 0.410. The van der Waals surface area contributed by atoms with E-state index in [4.69, 9.17) is 9.47 Å². The Morgan fingerprint density at radius 1 is 0.885 bits per heavy atom. The van der Waals surface area contributed by atoms with Gasteiger partial charge in [0, 0.05) is 0 Å². The molecular formula is C23H32O3. The molecule has 0 aromatic heterocycles. The summed E-state index contributed by atoms with van der Waals surface area (Å²) in [6.45, 7) is 8.84. The molecule has 0 aliphatic rings. The molecule has 0 amide bonds. The summed E-state index contributed by atoms with van der Waals surface area (Å²) in [4.78, 5) is 12.0. The summed E-state index contributed by atoms with van der Waals surface area (Å²) in [7, 11) is 1.60. The summed E-state index contributed by atoms with van der Waals surface area (Å²) in [6.07, 6.45) is 10.8. The molecule has 0 atom stereocenters. The van der Waals surface area contributed by atoms with E-state index >= 15 is 0 Å². The number of hydrogen-bond acceptors (Lipinski definition) is 3. The summed E-state index contributed by atoms with van der Waals surface area (Å²) in [5, 5.41) is 0. The van der Waals surface area contributed by atoms with Gasteiger partial charge in [0.2, 0.25) is 0 Å². The first kappa shape index (κ1) is 21.8. The van der Waals surface area contributed by atoms with Gasteiger partial charge in [0.25, 0.3) is 0 Å². The van der Waals surface area contributed by atoms with Crippen LogP contribution < -0.4 is 4.74 Å². The molecule has 1 rings (SSSR count). The predicted molar refractivity (Wildman–Crippen MR) is 109 cm³/mol. The van der Waals surface area contributed by atoms with Crippen LogP contribution in [0.25, 0.3) is 0 Å². The Labute approximate surface area is 158 Å². The zero-order valence-corrected chi connectivity index (χ0v) is 16.8. The van der Waals surface area contributed by atoms with E-state index in [1.165, 1.54) is 16.7 Å². The van der Waals surface area contributed by atoms with Crippen molar-refractivity contribution in [2.24, 2.45) is 0 Å². The minimum Gasteiger partial charge on any atom is -0.497 e. The quantitative estimate of drug-likeness (QED) is 0.366. The Kier molecular flexibility index (Phi) is 10.1. The molecule has 0 bridgehead atoms. The maximum Gasteiger partial charge on any atom is 0.338 e. The minimum atomic E-state index is -0.313. The molecule has 1 aromatic rings. The van der Waals surface area contributed by atoms with Crippen molar-refractivity contribution in [1.82, 2.24) is 0 Å². The molecule has 0 heterocycles. The Hall–Kier alpha value is -2.29. The first-order chi connectivity index (χ1) is 12.4. The minimum absolute atomic E-state index is 0.306. The predicted octanol–water partition coefficient (Wildman–Crippen LogP) is 6.27. The fourth-order valence-corrected chi connectivity index (χ4v) is 2.41. The van der Waals surface area contributed by atoms with Crippen molar-refractivity contribution in [3.8, 4) is 5.75 Å². The first-order valence-corrected chi connectivity index (χ1v) is 9.18. The third-order valence-corrected chi connectivity index (χ3v) is 4.09. The van der Waals surface area contributed by atoms with Crippen LogP contribution in [0.3, 0.4) is 0 Å². The van der Waals surface area contributed by atoms with Gasteiger partial charge in [-0.15, -0.1) is 0 Å². The second-order valence-electron chi connectivity index (χ2n) is 6.79. The van der Waals surface area contributed by atoms with Crippen molar-refractivity contribution < 1.29 is 14.3 Å². The third-order valence-electron chi connectivity index (χ3n) is 4.09. The van der Waals surface area contributed by atoms with Crippen LogP contribution in [-0.2, 0) is 4.74 Å². The van der Waals surface area contributed by atoms with Crippen LogP contribution in [-0.4, -0.2) is 19.7 Å². The molecule has 3 nitrogen and oxygen atoms in total. The number of carbonyl (C=O) groups is 1. The molecule has 0 saturated carbocycles. The largest absolute Gasteiger partial charge is 0.497 e. The van der Waals surface area contributed by atoms with Gasteiger partial charge in [-0.05, 0) is 83.7 Å². The maximum absolute atomic E-state index is 12.0. The highest BCUT2D eigenvalue weighted by atomic mass is 16.5. The highest BCUT2D eigenvalue weighted by molar-refractivity contribution is 5.89. The molecule has 0 N–H and O–H groups in total. The standard InChI is InChI=1S/C23H32O3/c1-18(2)8-6-9-19(3)10-7-11-20(4)16-17-26-23(24)21-12-14-22(25-5)15-13-21/h8,10,12-16H,6-7,9,11,17H2,1-5H3. The fourth-order valence-electron chi connectivity index (χ4n) is 2.41. The van der Waals surface area contributed by atoms with Gasteiger partial charge in [0.05, 0.1) is 12.7 Å². The Balaban J connectivity index is 2.32. The number of rotatable bonds is 10. The van der Waals surface area contributed by atoms with Crippen LogP contribution >= 0.6 is 0 Å². The van der Waals surface area contributed by atoms with Crippen molar-refractivity contribution in [3.63, 3.8) is 0 Å². The van der Waals surface area contributed by atoms with Crippen LogP contribution in [0.4, 0.5) is 0 Å². The molecule has 0 aliphatic carbocycles. The van der Waals surface area contributed by atoms with Gasteiger partial charge >= 0.3 is 5.97 Å². The molecular weight excluding hydrogens is 324 g/mol. The lowest BCUT2D eigenvalue weighted by Gasteiger charge is -2.05. The van der Waals surface area contributed by atoms with Gasteiger partial charge in [0.1, 0.15) is 12.4 Å². The van der Waals surface area contributed by atoms with Gasteiger partial charge in [0.15, 0.2) is 0 Å². The van der Waals surface area contributed by atoms with Crippen LogP contribution in [0, 0.1) is 0 Å². The number of allylic oxidation sites excluding steroid dienone is 5. The summed E-state index contributed by atoms with van der Waals surface area (Å²) in [6, 6.07) is 6.93. The normalized spacial score (nSPS) is 11.9. The molecule has 0 spiro atoms. The van der Waals surface area contributed by atoms with Crippen LogP contribution in [0.5, 0.6) is 5.75 Å². The molecule has 0 fully saturated rings. The Morgan fingerprint density at radius 2 is 1.46 bits per heavy atom. The average molecular weight is 357 g/mol. The monoisotopic (exact) mass is 356 g/mol. The smallest absolute Gasteiger partial charge is 0.338 e. The second-order valence-corrected chi connectivity index (χ2v) is 6.79. The number of ether oxygens (including phenoxy) is 2. The molecule has 0 aliphatic heterocycles. The van der Waals surface area contributed by atoms with Crippen LogP contribution in [0.15, 0.2) is 59.2 Å². The molecule has 0 unspecified atom stereocenters. The summed E-state index contributed by atoms with van der Waals surface area (Å²) < 4.78 is 10.4. The molecule has 0 radical (unpaired) electrons. The van der Waals surface area contributed by atoms with Crippen LogP contribution in [0.1, 0.15) is 63.7 Å². The average Bonchev–Trinajstić information content (AvgIpc) is 2.61. The molecule has 1 aromatic carbocycles. The van der Waals surface area contributed by atoms with E-state index in [1.54, 1.807) is 31.4 Å². The highest BCUT2D eigenvalue weighted by Crippen LogP contribution is 2.13. The highest BCUT2D eigenvalue weighted by Gasteiger charge is 2.06. The van der Waals surface area contributed by atoms with Crippen molar-refractivity contribution >= 4 is 5.97 Å². The van der Waals surface area contributed by atoms with Crippen molar-refractivity contribution in [2.75, 3.05) is 13.7 Å². The number of hydrogen-bond donors (Lipinski definition) is 0. The zero-order chi connectivity index (χ0) is 19.4. The van der Waals surface area contributed by atoms with E-state index in [0.717, 1.165) is 31.4 Å². The van der Waals surface area contributed by atoms with E-state index in [0.29, 0.717) is 12.2 Å². The van der Waals surface area contributed by atoms with Gasteiger partial charge in [-0.25, -0.2) is 4.79 Å². The zero-order valence-electron chi connectivity index (χ0n) is 16.8. The van der Waals surface area contributed by atoms with Crippen molar-refractivity contribution in [3.05, 3.63) is 64.8 Å². The number of carbonyl (C=O) groups excluding carboxylic acids is 1. The van der Waals surface area contributed by atoms with Crippen molar-refractivity contribution in [2.45, 2.75) is 53.4 Å². The van der Waals surface area contributed by atoms with Gasteiger partial charge in [-0.1, -0.05) is 28.9 Å².